The zero-order valence-corrected chi connectivity index (χ0v) is 9.81. The molecule has 1 aromatic rings. The second-order valence-corrected chi connectivity index (χ2v) is 4.01. The Morgan fingerprint density at radius 3 is 2.73 bits per heavy atom. The highest BCUT2D eigenvalue weighted by molar-refractivity contribution is 6.31. The van der Waals surface area contributed by atoms with Gasteiger partial charge in [-0.1, -0.05) is 24.9 Å². The monoisotopic (exact) mass is 230 g/mol. The smallest absolute Gasteiger partial charge is 0.143 e. The van der Waals surface area contributed by atoms with Crippen LogP contribution in [0.3, 0.4) is 0 Å². The van der Waals surface area contributed by atoms with Crippen molar-refractivity contribution in [1.29, 1.82) is 0 Å². The highest BCUT2D eigenvalue weighted by Gasteiger charge is 2.09. The average molecular weight is 231 g/mol. The summed E-state index contributed by atoms with van der Waals surface area (Å²) < 4.78 is 13.0. The third-order valence-electron chi connectivity index (χ3n) is 2.33. The summed E-state index contributed by atoms with van der Waals surface area (Å²) in [7, 11) is 1.93. The minimum atomic E-state index is -0.471. The molecule has 0 unspecified atom stereocenters. The second-order valence-electron chi connectivity index (χ2n) is 3.60. The maximum Gasteiger partial charge on any atom is 0.143 e. The Morgan fingerprint density at radius 2 is 2.13 bits per heavy atom. The van der Waals surface area contributed by atoms with Gasteiger partial charge >= 0.3 is 0 Å². The Bertz CT molecular complexity index is 342. The van der Waals surface area contributed by atoms with Gasteiger partial charge in [0.2, 0.25) is 0 Å². The Morgan fingerprint density at radius 1 is 1.47 bits per heavy atom. The molecule has 0 aliphatic heterocycles. The van der Waals surface area contributed by atoms with Gasteiger partial charge in [-0.05, 0) is 12.5 Å². The summed E-state index contributed by atoms with van der Waals surface area (Å²) in [6.07, 6.45) is 2.18. The molecule has 0 amide bonds. The fourth-order valence-electron chi connectivity index (χ4n) is 1.40. The van der Waals surface area contributed by atoms with E-state index in [-0.39, 0.29) is 5.02 Å². The lowest BCUT2D eigenvalue weighted by atomic mass is 10.2. The summed E-state index contributed by atoms with van der Waals surface area (Å²) in [6.45, 7) is 3.01. The molecular weight excluding hydrogens is 215 g/mol. The lowest BCUT2D eigenvalue weighted by Gasteiger charge is -2.21. The van der Waals surface area contributed by atoms with Crippen molar-refractivity contribution in [2.24, 2.45) is 0 Å². The number of unbranched alkanes of at least 4 members (excludes halogenated alkanes) is 1. The maximum atomic E-state index is 13.0. The van der Waals surface area contributed by atoms with E-state index in [1.165, 1.54) is 6.07 Å². The van der Waals surface area contributed by atoms with Crippen molar-refractivity contribution in [2.45, 2.75) is 19.8 Å². The summed E-state index contributed by atoms with van der Waals surface area (Å²) in [5, 5.41) is 0.113. The van der Waals surface area contributed by atoms with E-state index in [1.54, 1.807) is 6.07 Å². The zero-order chi connectivity index (χ0) is 11.4. The number of nitrogens with zero attached hydrogens (tertiary/aromatic N) is 1. The topological polar surface area (TPSA) is 29.3 Å². The van der Waals surface area contributed by atoms with Gasteiger partial charge in [0.25, 0.3) is 0 Å². The molecule has 0 fully saturated rings. The number of hydrogen-bond acceptors (Lipinski definition) is 2. The highest BCUT2D eigenvalue weighted by Crippen LogP contribution is 2.28. The van der Waals surface area contributed by atoms with Gasteiger partial charge in [0.05, 0.1) is 16.4 Å². The first-order valence-electron chi connectivity index (χ1n) is 5.02. The van der Waals surface area contributed by atoms with Gasteiger partial charge < -0.3 is 10.6 Å². The summed E-state index contributed by atoms with van der Waals surface area (Å²) in [6, 6.07) is 2.84. The fraction of sp³-hybridized carbons (Fsp3) is 0.455. The van der Waals surface area contributed by atoms with E-state index in [9.17, 15) is 4.39 Å². The molecule has 2 N–H and O–H groups in total. The molecular formula is C11H16ClFN2. The molecule has 1 aromatic carbocycles. The molecule has 15 heavy (non-hydrogen) atoms. The molecule has 2 nitrogen and oxygen atoms in total. The van der Waals surface area contributed by atoms with Crippen LogP contribution in [0.1, 0.15) is 19.8 Å². The molecule has 0 aliphatic carbocycles. The van der Waals surface area contributed by atoms with Crippen molar-refractivity contribution in [2.75, 3.05) is 24.2 Å². The van der Waals surface area contributed by atoms with Gasteiger partial charge in [-0.2, -0.15) is 0 Å². The number of halogens is 2. The van der Waals surface area contributed by atoms with Gasteiger partial charge in [-0.25, -0.2) is 4.39 Å². The van der Waals surface area contributed by atoms with E-state index in [2.05, 4.69) is 6.92 Å². The normalized spacial score (nSPS) is 10.4. The summed E-state index contributed by atoms with van der Waals surface area (Å²) in [5.74, 6) is -0.471. The lowest BCUT2D eigenvalue weighted by molar-refractivity contribution is 0.628. The van der Waals surface area contributed by atoms with Crippen LogP contribution in [-0.2, 0) is 0 Å². The predicted octanol–water partition coefficient (Wildman–Crippen LogP) is 3.30. The molecule has 0 atom stereocenters. The summed E-state index contributed by atoms with van der Waals surface area (Å²) in [5.41, 5.74) is 6.94. The van der Waals surface area contributed by atoms with Crippen molar-refractivity contribution in [3.63, 3.8) is 0 Å². The van der Waals surface area contributed by atoms with Crippen LogP contribution in [0.4, 0.5) is 15.8 Å². The van der Waals surface area contributed by atoms with Gasteiger partial charge in [0.15, 0.2) is 0 Å². The third-order valence-corrected chi connectivity index (χ3v) is 2.62. The fourth-order valence-corrected chi connectivity index (χ4v) is 1.56. The molecule has 84 valence electrons. The van der Waals surface area contributed by atoms with E-state index in [0.29, 0.717) is 5.69 Å². The Labute approximate surface area is 94.8 Å². The van der Waals surface area contributed by atoms with E-state index in [0.717, 1.165) is 25.1 Å². The van der Waals surface area contributed by atoms with Gasteiger partial charge in [0.1, 0.15) is 5.82 Å². The molecule has 0 saturated carbocycles. The highest BCUT2D eigenvalue weighted by atomic mass is 35.5. The van der Waals surface area contributed by atoms with Crippen LogP contribution >= 0.6 is 11.6 Å². The van der Waals surface area contributed by atoms with Gasteiger partial charge in [-0.3, -0.25) is 0 Å². The van der Waals surface area contributed by atoms with Crippen molar-refractivity contribution < 1.29 is 4.39 Å². The molecule has 0 aliphatic rings. The van der Waals surface area contributed by atoms with Crippen molar-refractivity contribution in [3.8, 4) is 0 Å². The largest absolute Gasteiger partial charge is 0.397 e. The molecule has 0 heterocycles. The Kier molecular flexibility index (Phi) is 4.21. The van der Waals surface area contributed by atoms with Crippen LogP contribution in [-0.4, -0.2) is 13.6 Å². The van der Waals surface area contributed by atoms with Crippen molar-refractivity contribution >= 4 is 23.0 Å². The Balaban J connectivity index is 2.88. The first-order chi connectivity index (χ1) is 7.06. The number of anilines is 2. The third kappa shape index (κ3) is 2.99. The minimum Gasteiger partial charge on any atom is -0.397 e. The predicted molar refractivity (Wildman–Crippen MR) is 64.0 cm³/mol. The molecule has 4 heteroatoms. The first-order valence-corrected chi connectivity index (χ1v) is 5.39. The molecule has 0 spiro atoms. The molecule has 0 radical (unpaired) electrons. The number of rotatable bonds is 4. The van der Waals surface area contributed by atoms with Gasteiger partial charge in [0, 0.05) is 19.7 Å². The number of nitrogens with two attached hydrogens (primary N) is 1. The van der Waals surface area contributed by atoms with E-state index >= 15 is 0 Å². The number of hydrogen-bond donors (Lipinski definition) is 1. The van der Waals surface area contributed by atoms with Gasteiger partial charge in [-0.15, -0.1) is 0 Å². The molecule has 0 saturated heterocycles. The Hall–Kier alpha value is -0.960. The lowest BCUT2D eigenvalue weighted by Crippen LogP contribution is -2.19. The summed E-state index contributed by atoms with van der Waals surface area (Å²) in [4.78, 5) is 1.99. The average Bonchev–Trinajstić information content (AvgIpc) is 2.20. The first kappa shape index (κ1) is 12.1. The van der Waals surface area contributed by atoms with Crippen LogP contribution in [0.25, 0.3) is 0 Å². The minimum absolute atomic E-state index is 0.113. The maximum absolute atomic E-state index is 13.0. The van der Waals surface area contributed by atoms with E-state index in [1.807, 2.05) is 11.9 Å². The number of nitrogen functional groups attached to an aromatic ring is 1. The van der Waals surface area contributed by atoms with Crippen LogP contribution in [0.15, 0.2) is 12.1 Å². The van der Waals surface area contributed by atoms with Crippen molar-refractivity contribution in [1.82, 2.24) is 0 Å². The standard InChI is InChI=1S/C11H16ClFN2/c1-3-4-5-15(2)11-6-8(12)9(13)7-10(11)14/h6-7H,3-5,14H2,1-2H3. The molecule has 0 bridgehead atoms. The second kappa shape index (κ2) is 5.21. The number of benzene rings is 1. The molecule has 1 rings (SSSR count). The molecule has 0 aromatic heterocycles. The quantitative estimate of drug-likeness (QED) is 0.805. The van der Waals surface area contributed by atoms with Crippen LogP contribution < -0.4 is 10.6 Å². The SMILES string of the molecule is CCCCN(C)c1cc(Cl)c(F)cc1N. The van der Waals surface area contributed by atoms with Crippen molar-refractivity contribution in [3.05, 3.63) is 23.0 Å². The van der Waals surface area contributed by atoms with E-state index in [4.69, 9.17) is 17.3 Å². The van der Waals surface area contributed by atoms with E-state index < -0.39 is 5.82 Å². The van der Waals surface area contributed by atoms with Crippen LogP contribution in [0, 0.1) is 5.82 Å². The van der Waals surface area contributed by atoms with Crippen LogP contribution in [0.2, 0.25) is 5.02 Å². The summed E-state index contributed by atoms with van der Waals surface area (Å²) >= 11 is 5.71. The zero-order valence-electron chi connectivity index (χ0n) is 9.06. The van der Waals surface area contributed by atoms with Crippen LogP contribution in [0.5, 0.6) is 0 Å².